The topological polar surface area (TPSA) is 47.9 Å². The van der Waals surface area contributed by atoms with E-state index in [2.05, 4.69) is 10.9 Å². The molecule has 0 spiro atoms. The van der Waals surface area contributed by atoms with E-state index in [1.165, 1.54) is 6.21 Å². The minimum atomic E-state index is -0.697. The van der Waals surface area contributed by atoms with Gasteiger partial charge in [-0.3, -0.25) is 0 Å². The summed E-state index contributed by atoms with van der Waals surface area (Å²) in [6, 6.07) is 6.78. The molecule has 1 amide bonds. The number of terminal acetylenes is 1. The molecule has 0 bridgehead atoms. The van der Waals surface area contributed by atoms with Crippen LogP contribution in [0.1, 0.15) is 13.8 Å². The number of ether oxygens (including phenoxy) is 2. The Morgan fingerprint density at radius 1 is 1.47 bits per heavy atom. The van der Waals surface area contributed by atoms with E-state index in [9.17, 15) is 4.79 Å². The maximum atomic E-state index is 11.2. The van der Waals surface area contributed by atoms with Crippen LogP contribution >= 0.6 is 0 Å². The van der Waals surface area contributed by atoms with Crippen molar-refractivity contribution in [3.63, 3.8) is 0 Å². The standard InChI is InChI=1S/C13H13NO3/c1-4-10(3)16-11-8-6-7-9-12(11)17-13(15)14-5-2/h1,5-10H,2-3H3. The van der Waals surface area contributed by atoms with E-state index in [-0.39, 0.29) is 0 Å². The predicted molar refractivity (Wildman–Crippen MR) is 65.6 cm³/mol. The van der Waals surface area contributed by atoms with Crippen LogP contribution in [-0.4, -0.2) is 18.4 Å². The lowest BCUT2D eigenvalue weighted by molar-refractivity contribution is 0.205. The van der Waals surface area contributed by atoms with Crippen LogP contribution < -0.4 is 9.47 Å². The summed E-state index contributed by atoms with van der Waals surface area (Å²) in [5.74, 6) is 3.14. The van der Waals surface area contributed by atoms with Crippen LogP contribution in [0.5, 0.6) is 11.5 Å². The molecule has 0 fully saturated rings. The molecule has 1 atom stereocenters. The highest BCUT2D eigenvalue weighted by atomic mass is 16.6. The predicted octanol–water partition coefficient (Wildman–Crippen LogP) is 2.68. The van der Waals surface area contributed by atoms with E-state index < -0.39 is 12.2 Å². The summed E-state index contributed by atoms with van der Waals surface area (Å²) in [6.45, 7) is 3.35. The van der Waals surface area contributed by atoms with Gasteiger partial charge in [-0.1, -0.05) is 18.1 Å². The number of rotatable bonds is 3. The van der Waals surface area contributed by atoms with Crippen molar-refractivity contribution in [2.45, 2.75) is 20.0 Å². The average Bonchev–Trinajstić information content (AvgIpc) is 2.31. The molecule has 1 aromatic carbocycles. The second-order valence-electron chi connectivity index (χ2n) is 3.13. The normalized spacial score (nSPS) is 11.8. The summed E-state index contributed by atoms with van der Waals surface area (Å²) < 4.78 is 10.4. The number of hydrogen-bond donors (Lipinski definition) is 0. The molecule has 0 saturated carbocycles. The minimum Gasteiger partial charge on any atom is -0.474 e. The number of para-hydroxylation sites is 2. The van der Waals surface area contributed by atoms with Crippen molar-refractivity contribution < 1.29 is 14.3 Å². The SMILES string of the molecule is C#CC(C)Oc1ccccc1OC(=O)N=CC. The third-order valence-corrected chi connectivity index (χ3v) is 1.82. The fourth-order valence-electron chi connectivity index (χ4n) is 1.08. The van der Waals surface area contributed by atoms with Gasteiger partial charge in [-0.2, -0.15) is 4.99 Å². The maximum absolute atomic E-state index is 11.2. The zero-order valence-electron chi connectivity index (χ0n) is 9.71. The summed E-state index contributed by atoms with van der Waals surface area (Å²) >= 11 is 0. The molecular formula is C13H13NO3. The van der Waals surface area contributed by atoms with Gasteiger partial charge >= 0.3 is 6.09 Å². The molecule has 0 aromatic heterocycles. The van der Waals surface area contributed by atoms with Crippen LogP contribution in [-0.2, 0) is 0 Å². The molecule has 0 heterocycles. The molecule has 4 nitrogen and oxygen atoms in total. The van der Waals surface area contributed by atoms with Gasteiger partial charge in [0.2, 0.25) is 0 Å². The molecular weight excluding hydrogens is 218 g/mol. The van der Waals surface area contributed by atoms with E-state index >= 15 is 0 Å². The second-order valence-corrected chi connectivity index (χ2v) is 3.13. The molecule has 1 aromatic rings. The minimum absolute atomic E-state index is 0.296. The number of carbonyl (C=O) groups excluding carboxylic acids is 1. The van der Waals surface area contributed by atoms with Crippen LogP contribution in [0, 0.1) is 12.3 Å². The average molecular weight is 231 g/mol. The Labute approximate surface area is 100 Å². The van der Waals surface area contributed by atoms with E-state index in [4.69, 9.17) is 15.9 Å². The monoisotopic (exact) mass is 231 g/mol. The Bertz CT molecular complexity index is 460. The van der Waals surface area contributed by atoms with Crippen molar-refractivity contribution in [3.8, 4) is 23.8 Å². The lowest BCUT2D eigenvalue weighted by Crippen LogP contribution is -2.10. The van der Waals surface area contributed by atoms with Crippen LogP contribution in [0.15, 0.2) is 29.3 Å². The van der Waals surface area contributed by atoms with Gasteiger partial charge in [0.05, 0.1) is 0 Å². The first-order valence-corrected chi connectivity index (χ1v) is 5.09. The van der Waals surface area contributed by atoms with Gasteiger partial charge in [0.25, 0.3) is 0 Å². The van der Waals surface area contributed by atoms with Gasteiger partial charge in [-0.05, 0) is 26.0 Å². The zero-order chi connectivity index (χ0) is 12.7. The largest absolute Gasteiger partial charge is 0.474 e. The Morgan fingerprint density at radius 3 is 2.71 bits per heavy atom. The van der Waals surface area contributed by atoms with Crippen molar-refractivity contribution in [2.75, 3.05) is 0 Å². The van der Waals surface area contributed by atoms with Gasteiger partial charge in [0.15, 0.2) is 17.6 Å². The molecule has 4 heteroatoms. The lowest BCUT2D eigenvalue weighted by atomic mass is 10.3. The summed E-state index contributed by atoms with van der Waals surface area (Å²) in [4.78, 5) is 14.7. The fourth-order valence-corrected chi connectivity index (χ4v) is 1.08. The van der Waals surface area contributed by atoms with Crippen molar-refractivity contribution in [1.82, 2.24) is 0 Å². The highest BCUT2D eigenvalue weighted by Crippen LogP contribution is 2.27. The highest BCUT2D eigenvalue weighted by Gasteiger charge is 2.10. The lowest BCUT2D eigenvalue weighted by Gasteiger charge is -2.12. The first kappa shape index (κ1) is 12.8. The van der Waals surface area contributed by atoms with E-state index in [0.717, 1.165) is 0 Å². The number of hydrogen-bond acceptors (Lipinski definition) is 3. The third-order valence-electron chi connectivity index (χ3n) is 1.82. The Balaban J connectivity index is 2.85. The Kier molecular flexibility index (Phi) is 4.77. The molecule has 17 heavy (non-hydrogen) atoms. The van der Waals surface area contributed by atoms with E-state index in [0.29, 0.717) is 11.5 Å². The van der Waals surface area contributed by atoms with Gasteiger partial charge in [-0.25, -0.2) is 4.79 Å². The van der Waals surface area contributed by atoms with Crippen molar-refractivity contribution >= 4 is 12.3 Å². The maximum Gasteiger partial charge on any atom is 0.438 e. The van der Waals surface area contributed by atoms with Gasteiger partial charge in [-0.15, -0.1) is 6.42 Å². The number of benzene rings is 1. The molecule has 0 aliphatic rings. The highest BCUT2D eigenvalue weighted by molar-refractivity contribution is 5.80. The number of aliphatic imine (C=N–C) groups is 1. The van der Waals surface area contributed by atoms with Crippen molar-refractivity contribution in [3.05, 3.63) is 24.3 Å². The fraction of sp³-hybridized carbons (Fsp3) is 0.231. The van der Waals surface area contributed by atoms with Crippen molar-refractivity contribution in [1.29, 1.82) is 0 Å². The van der Waals surface area contributed by atoms with Crippen molar-refractivity contribution in [2.24, 2.45) is 4.99 Å². The quantitative estimate of drug-likeness (QED) is 0.593. The summed E-state index contributed by atoms with van der Waals surface area (Å²) in [5, 5.41) is 0. The Morgan fingerprint density at radius 2 is 2.12 bits per heavy atom. The molecule has 1 rings (SSSR count). The van der Waals surface area contributed by atoms with E-state index in [1.54, 1.807) is 38.1 Å². The number of amides is 1. The van der Waals surface area contributed by atoms with E-state index in [1.807, 2.05) is 0 Å². The molecule has 1 unspecified atom stereocenters. The number of nitrogens with zero attached hydrogens (tertiary/aromatic N) is 1. The van der Waals surface area contributed by atoms with Crippen LogP contribution in [0.4, 0.5) is 4.79 Å². The molecule has 0 aliphatic heterocycles. The first-order chi connectivity index (χ1) is 8.17. The van der Waals surface area contributed by atoms with Gasteiger partial charge in [0.1, 0.15) is 0 Å². The molecule has 88 valence electrons. The second kappa shape index (κ2) is 6.33. The van der Waals surface area contributed by atoms with Crippen LogP contribution in [0.2, 0.25) is 0 Å². The smallest absolute Gasteiger partial charge is 0.438 e. The van der Waals surface area contributed by atoms with Gasteiger partial charge in [0, 0.05) is 6.21 Å². The number of carbonyl (C=O) groups is 1. The summed E-state index contributed by atoms with van der Waals surface area (Å²) in [7, 11) is 0. The summed E-state index contributed by atoms with van der Waals surface area (Å²) in [5.41, 5.74) is 0. The molecule has 0 aliphatic carbocycles. The first-order valence-electron chi connectivity index (χ1n) is 5.09. The molecule has 0 radical (unpaired) electrons. The zero-order valence-corrected chi connectivity index (χ0v) is 9.71. The molecule has 0 N–H and O–H groups in total. The molecule has 0 saturated heterocycles. The van der Waals surface area contributed by atoms with Gasteiger partial charge < -0.3 is 9.47 Å². The summed E-state index contributed by atoms with van der Waals surface area (Å²) in [6.07, 6.45) is 5.47. The Hall–Kier alpha value is -2.28. The van der Waals surface area contributed by atoms with Crippen LogP contribution in [0.3, 0.4) is 0 Å². The third kappa shape index (κ3) is 3.99. The van der Waals surface area contributed by atoms with Crippen LogP contribution in [0.25, 0.3) is 0 Å².